The van der Waals surface area contributed by atoms with Gasteiger partial charge in [0.05, 0.1) is 7.11 Å². The van der Waals surface area contributed by atoms with Crippen LogP contribution in [0, 0.1) is 0 Å². The molecule has 0 radical (unpaired) electrons. The van der Waals surface area contributed by atoms with Crippen LogP contribution in [0.5, 0.6) is 5.75 Å². The maximum atomic E-state index is 7.00. The van der Waals surface area contributed by atoms with Crippen molar-refractivity contribution in [2.75, 3.05) is 14.2 Å². The van der Waals surface area contributed by atoms with Crippen molar-refractivity contribution in [3.8, 4) is 16.9 Å². The molecular formula is C14H16O2. The van der Waals surface area contributed by atoms with Crippen LogP contribution in [0.15, 0.2) is 54.6 Å². The summed E-state index contributed by atoms with van der Waals surface area (Å²) >= 11 is 0. The van der Waals surface area contributed by atoms with Crippen molar-refractivity contribution < 1.29 is 9.84 Å². The number of aliphatic hydroxyl groups excluding tert-OH is 1. The second-order valence-corrected chi connectivity index (χ2v) is 3.09. The average molecular weight is 216 g/mol. The molecule has 0 aliphatic rings. The monoisotopic (exact) mass is 216 g/mol. The van der Waals surface area contributed by atoms with Gasteiger partial charge in [-0.1, -0.05) is 42.5 Å². The molecule has 0 aliphatic heterocycles. The highest BCUT2D eigenvalue weighted by Crippen LogP contribution is 2.21. The fourth-order valence-corrected chi connectivity index (χ4v) is 1.41. The van der Waals surface area contributed by atoms with Crippen molar-refractivity contribution >= 4 is 0 Å². The Morgan fingerprint density at radius 2 is 1.25 bits per heavy atom. The van der Waals surface area contributed by atoms with E-state index in [0.717, 1.165) is 12.9 Å². The maximum Gasteiger partial charge on any atom is 0.118 e. The summed E-state index contributed by atoms with van der Waals surface area (Å²) in [6, 6.07) is 18.4. The van der Waals surface area contributed by atoms with Crippen LogP contribution in [0.3, 0.4) is 0 Å². The minimum absolute atomic E-state index is 0.893. The minimum Gasteiger partial charge on any atom is -0.497 e. The summed E-state index contributed by atoms with van der Waals surface area (Å²) in [6.45, 7) is 0. The van der Waals surface area contributed by atoms with Gasteiger partial charge in [-0.2, -0.15) is 0 Å². The van der Waals surface area contributed by atoms with Gasteiger partial charge in [0.1, 0.15) is 5.75 Å². The van der Waals surface area contributed by atoms with Gasteiger partial charge in [0.25, 0.3) is 0 Å². The zero-order valence-electron chi connectivity index (χ0n) is 9.55. The van der Waals surface area contributed by atoms with Gasteiger partial charge in [0, 0.05) is 7.11 Å². The molecule has 84 valence electrons. The van der Waals surface area contributed by atoms with Crippen LogP contribution in [0.25, 0.3) is 11.1 Å². The van der Waals surface area contributed by atoms with Gasteiger partial charge in [0.15, 0.2) is 0 Å². The standard InChI is InChI=1S/C13H12O.CH4O/c1-14-13-9-7-12(8-10-13)11-5-3-2-4-6-11;1-2/h2-10H,1H3;2H,1H3. The molecule has 0 aliphatic carbocycles. The van der Waals surface area contributed by atoms with Crippen LogP contribution < -0.4 is 4.74 Å². The summed E-state index contributed by atoms with van der Waals surface area (Å²) in [5, 5.41) is 7.00. The molecule has 2 rings (SSSR count). The summed E-state index contributed by atoms with van der Waals surface area (Å²) in [7, 11) is 2.68. The van der Waals surface area contributed by atoms with E-state index >= 15 is 0 Å². The van der Waals surface area contributed by atoms with Crippen molar-refractivity contribution in [1.29, 1.82) is 0 Å². The normalized spacial score (nSPS) is 8.94. The van der Waals surface area contributed by atoms with Crippen molar-refractivity contribution in [2.24, 2.45) is 0 Å². The van der Waals surface area contributed by atoms with E-state index in [1.54, 1.807) is 7.11 Å². The molecule has 0 aromatic heterocycles. The lowest BCUT2D eigenvalue weighted by atomic mass is 10.1. The van der Waals surface area contributed by atoms with Crippen molar-refractivity contribution in [3.63, 3.8) is 0 Å². The molecule has 0 saturated heterocycles. The first-order chi connectivity index (χ1) is 7.90. The first-order valence-electron chi connectivity index (χ1n) is 5.04. The number of aliphatic hydroxyl groups is 1. The number of hydrogen-bond donors (Lipinski definition) is 1. The predicted molar refractivity (Wildman–Crippen MR) is 66.6 cm³/mol. The van der Waals surface area contributed by atoms with Gasteiger partial charge in [0.2, 0.25) is 0 Å². The fraction of sp³-hybridized carbons (Fsp3) is 0.143. The van der Waals surface area contributed by atoms with Crippen LogP contribution >= 0.6 is 0 Å². The second kappa shape index (κ2) is 6.64. The molecule has 0 fully saturated rings. The molecule has 2 aromatic carbocycles. The Bertz CT molecular complexity index is 393. The third-order valence-electron chi connectivity index (χ3n) is 2.20. The Balaban J connectivity index is 0.000000606. The predicted octanol–water partition coefficient (Wildman–Crippen LogP) is 2.97. The molecule has 0 bridgehead atoms. The molecule has 0 atom stereocenters. The SMILES string of the molecule is CO.COc1ccc(-c2ccccc2)cc1. The molecule has 2 nitrogen and oxygen atoms in total. The number of methoxy groups -OCH3 is 1. The molecular weight excluding hydrogens is 200 g/mol. The second-order valence-electron chi connectivity index (χ2n) is 3.09. The summed E-state index contributed by atoms with van der Waals surface area (Å²) in [6.07, 6.45) is 0. The van der Waals surface area contributed by atoms with Gasteiger partial charge in [-0.15, -0.1) is 0 Å². The number of benzene rings is 2. The molecule has 0 unspecified atom stereocenters. The highest BCUT2D eigenvalue weighted by atomic mass is 16.5. The topological polar surface area (TPSA) is 29.5 Å². The minimum atomic E-state index is 0.893. The summed E-state index contributed by atoms with van der Waals surface area (Å²) in [5.74, 6) is 0.893. The van der Waals surface area contributed by atoms with E-state index in [0.29, 0.717) is 0 Å². The third-order valence-corrected chi connectivity index (χ3v) is 2.20. The maximum absolute atomic E-state index is 7.00. The Kier molecular flexibility index (Phi) is 5.09. The van der Waals surface area contributed by atoms with Crippen molar-refractivity contribution in [1.82, 2.24) is 0 Å². The zero-order chi connectivity index (χ0) is 11.8. The quantitative estimate of drug-likeness (QED) is 0.836. The van der Waals surface area contributed by atoms with E-state index < -0.39 is 0 Å². The molecule has 1 N–H and O–H groups in total. The molecule has 0 heterocycles. The first-order valence-corrected chi connectivity index (χ1v) is 5.04. The third kappa shape index (κ3) is 3.11. The molecule has 16 heavy (non-hydrogen) atoms. The van der Waals surface area contributed by atoms with E-state index in [-0.39, 0.29) is 0 Å². The van der Waals surface area contributed by atoms with E-state index in [4.69, 9.17) is 9.84 Å². The summed E-state index contributed by atoms with van der Waals surface area (Å²) in [4.78, 5) is 0. The smallest absolute Gasteiger partial charge is 0.118 e. The van der Waals surface area contributed by atoms with Gasteiger partial charge in [-0.3, -0.25) is 0 Å². The van der Waals surface area contributed by atoms with Crippen molar-refractivity contribution in [2.45, 2.75) is 0 Å². The van der Waals surface area contributed by atoms with E-state index in [1.807, 2.05) is 30.3 Å². The molecule has 2 aromatic rings. The number of hydrogen-bond acceptors (Lipinski definition) is 2. The van der Waals surface area contributed by atoms with Crippen LogP contribution in [0.2, 0.25) is 0 Å². The Hall–Kier alpha value is -1.80. The van der Waals surface area contributed by atoms with Gasteiger partial charge >= 0.3 is 0 Å². The van der Waals surface area contributed by atoms with Crippen LogP contribution in [-0.2, 0) is 0 Å². The number of rotatable bonds is 2. The largest absolute Gasteiger partial charge is 0.497 e. The number of ether oxygens (including phenoxy) is 1. The highest BCUT2D eigenvalue weighted by molar-refractivity contribution is 5.63. The van der Waals surface area contributed by atoms with Gasteiger partial charge in [-0.05, 0) is 23.3 Å². The highest BCUT2D eigenvalue weighted by Gasteiger charge is 1.95. The summed E-state index contributed by atoms with van der Waals surface area (Å²) in [5.41, 5.74) is 2.45. The van der Waals surface area contributed by atoms with Gasteiger partial charge in [-0.25, -0.2) is 0 Å². The van der Waals surface area contributed by atoms with E-state index in [1.165, 1.54) is 11.1 Å². The zero-order valence-corrected chi connectivity index (χ0v) is 9.55. The lowest BCUT2D eigenvalue weighted by Crippen LogP contribution is -1.82. The van der Waals surface area contributed by atoms with E-state index in [9.17, 15) is 0 Å². The fourth-order valence-electron chi connectivity index (χ4n) is 1.41. The van der Waals surface area contributed by atoms with Crippen LogP contribution in [0.4, 0.5) is 0 Å². The average Bonchev–Trinajstić information content (AvgIpc) is 2.42. The van der Waals surface area contributed by atoms with E-state index in [2.05, 4.69) is 24.3 Å². The lowest BCUT2D eigenvalue weighted by Gasteiger charge is -2.02. The Labute approximate surface area is 96.1 Å². The molecule has 0 amide bonds. The first kappa shape index (κ1) is 12.3. The summed E-state index contributed by atoms with van der Waals surface area (Å²) < 4.78 is 5.11. The van der Waals surface area contributed by atoms with Crippen LogP contribution in [-0.4, -0.2) is 19.3 Å². The molecule has 2 heteroatoms. The Morgan fingerprint density at radius 1 is 0.750 bits per heavy atom. The van der Waals surface area contributed by atoms with Crippen LogP contribution in [0.1, 0.15) is 0 Å². The van der Waals surface area contributed by atoms with Crippen molar-refractivity contribution in [3.05, 3.63) is 54.6 Å². The molecule has 0 spiro atoms. The van der Waals surface area contributed by atoms with Gasteiger partial charge < -0.3 is 9.84 Å². The lowest BCUT2D eigenvalue weighted by molar-refractivity contribution is 0.399. The molecule has 0 saturated carbocycles. The Morgan fingerprint density at radius 3 is 1.75 bits per heavy atom.